The first-order chi connectivity index (χ1) is 10.9. The van der Waals surface area contributed by atoms with Crippen molar-refractivity contribution < 1.29 is 18.0 Å². The highest BCUT2D eigenvalue weighted by Crippen LogP contribution is 2.34. The number of carbonyl (C=O) groups excluding carboxylic acids is 1. The summed E-state index contributed by atoms with van der Waals surface area (Å²) in [6.07, 6.45) is -3.73. The minimum atomic E-state index is -4.69. The van der Waals surface area contributed by atoms with E-state index in [0.717, 1.165) is 10.9 Å². The van der Waals surface area contributed by atoms with Crippen LogP contribution < -0.4 is 5.32 Å². The van der Waals surface area contributed by atoms with Crippen molar-refractivity contribution in [2.24, 2.45) is 0 Å². The molecular formula is C15H17F3N4O. The number of halogens is 3. The van der Waals surface area contributed by atoms with Crippen LogP contribution in [0, 0.1) is 0 Å². The first-order valence-electron chi connectivity index (χ1n) is 6.97. The van der Waals surface area contributed by atoms with Gasteiger partial charge < -0.3 is 10.2 Å². The number of likely N-dealkylation sites (N-methyl/N-ethyl adjacent to an activating group) is 2. The van der Waals surface area contributed by atoms with Gasteiger partial charge in [-0.25, -0.2) is 4.68 Å². The molecule has 0 fully saturated rings. The average Bonchev–Trinajstić information content (AvgIpc) is 2.97. The molecule has 0 aliphatic heterocycles. The number of para-hydroxylation sites is 1. The predicted octanol–water partition coefficient (Wildman–Crippen LogP) is 2.18. The van der Waals surface area contributed by atoms with E-state index in [1.807, 2.05) is 0 Å². The summed E-state index contributed by atoms with van der Waals surface area (Å²) in [6, 6.07) is 7.91. The van der Waals surface area contributed by atoms with Crippen molar-refractivity contribution in [2.75, 3.05) is 27.2 Å². The minimum absolute atomic E-state index is 0.247. The third-order valence-electron chi connectivity index (χ3n) is 3.31. The molecule has 1 amide bonds. The number of rotatable bonds is 5. The van der Waals surface area contributed by atoms with Gasteiger partial charge >= 0.3 is 6.18 Å². The number of aromatic nitrogens is 2. The zero-order valence-corrected chi connectivity index (χ0v) is 12.8. The van der Waals surface area contributed by atoms with E-state index in [0.29, 0.717) is 13.1 Å². The second-order valence-electron chi connectivity index (χ2n) is 4.98. The summed E-state index contributed by atoms with van der Waals surface area (Å²) < 4.78 is 41.1. The van der Waals surface area contributed by atoms with Gasteiger partial charge in [-0.2, -0.15) is 18.3 Å². The van der Waals surface area contributed by atoms with Crippen molar-refractivity contribution in [3.05, 3.63) is 47.8 Å². The lowest BCUT2D eigenvalue weighted by atomic mass is 10.2. The number of nitrogens with one attached hydrogen (secondary N) is 1. The zero-order chi connectivity index (χ0) is 17.0. The monoisotopic (exact) mass is 326 g/mol. The predicted molar refractivity (Wildman–Crippen MR) is 79.5 cm³/mol. The Labute approximate surface area is 131 Å². The molecule has 0 saturated heterocycles. The summed E-state index contributed by atoms with van der Waals surface area (Å²) in [6.45, 7) is 0.777. The van der Waals surface area contributed by atoms with E-state index >= 15 is 0 Å². The highest BCUT2D eigenvalue weighted by molar-refractivity contribution is 5.95. The summed E-state index contributed by atoms with van der Waals surface area (Å²) in [7, 11) is 3.16. The quantitative estimate of drug-likeness (QED) is 0.916. The Morgan fingerprint density at radius 2 is 1.96 bits per heavy atom. The fourth-order valence-electron chi connectivity index (χ4n) is 2.13. The van der Waals surface area contributed by atoms with Crippen molar-refractivity contribution in [3.63, 3.8) is 0 Å². The van der Waals surface area contributed by atoms with Crippen LogP contribution in [0.4, 0.5) is 13.2 Å². The Balaban J connectivity index is 2.46. The van der Waals surface area contributed by atoms with Crippen molar-refractivity contribution >= 4 is 5.91 Å². The van der Waals surface area contributed by atoms with Gasteiger partial charge in [-0.3, -0.25) is 4.79 Å². The van der Waals surface area contributed by atoms with Crippen LogP contribution in [0.1, 0.15) is 16.1 Å². The average molecular weight is 326 g/mol. The van der Waals surface area contributed by atoms with Crippen LogP contribution in [-0.2, 0) is 6.18 Å². The van der Waals surface area contributed by atoms with Crippen molar-refractivity contribution in [1.82, 2.24) is 20.0 Å². The van der Waals surface area contributed by atoms with Gasteiger partial charge in [0.15, 0.2) is 5.69 Å². The van der Waals surface area contributed by atoms with E-state index in [-0.39, 0.29) is 5.69 Å². The van der Waals surface area contributed by atoms with Crippen molar-refractivity contribution in [1.29, 1.82) is 0 Å². The van der Waals surface area contributed by atoms with Crippen molar-refractivity contribution in [2.45, 2.75) is 6.18 Å². The Morgan fingerprint density at radius 1 is 1.30 bits per heavy atom. The number of alkyl halides is 3. The molecule has 1 aromatic heterocycles. The molecule has 2 rings (SSSR count). The Kier molecular flexibility index (Phi) is 5.05. The molecule has 0 aliphatic rings. The van der Waals surface area contributed by atoms with Gasteiger partial charge in [-0.1, -0.05) is 18.2 Å². The van der Waals surface area contributed by atoms with Crippen LogP contribution in [-0.4, -0.2) is 47.8 Å². The minimum Gasteiger partial charge on any atom is -0.340 e. The second kappa shape index (κ2) is 6.82. The molecule has 2 aromatic rings. The maximum Gasteiger partial charge on any atom is 0.434 e. The molecule has 0 aliphatic carbocycles. The van der Waals surface area contributed by atoms with Gasteiger partial charge in [-0.15, -0.1) is 0 Å². The summed E-state index contributed by atoms with van der Waals surface area (Å²) in [4.78, 5) is 13.5. The van der Waals surface area contributed by atoms with Gasteiger partial charge in [0.05, 0.1) is 17.4 Å². The number of carbonyl (C=O) groups is 1. The molecule has 0 bridgehead atoms. The standard InChI is InChI=1S/C15H17F3N4O/c1-19-8-9-21(2)14(23)12-10-20-22(13(12)15(16,17)18)11-6-4-3-5-7-11/h3-7,10,19H,8-9H2,1-2H3. The van der Waals surface area contributed by atoms with Crippen LogP contribution in [0.3, 0.4) is 0 Å². The fraction of sp³-hybridized carbons (Fsp3) is 0.333. The lowest BCUT2D eigenvalue weighted by molar-refractivity contribution is -0.143. The van der Waals surface area contributed by atoms with Crippen LogP contribution >= 0.6 is 0 Å². The van der Waals surface area contributed by atoms with E-state index < -0.39 is 23.3 Å². The Morgan fingerprint density at radius 3 is 2.52 bits per heavy atom. The maximum atomic E-state index is 13.5. The molecule has 0 saturated carbocycles. The molecule has 23 heavy (non-hydrogen) atoms. The molecule has 0 atom stereocenters. The number of hydrogen-bond donors (Lipinski definition) is 1. The molecule has 124 valence electrons. The van der Waals surface area contributed by atoms with Crippen LogP contribution in [0.5, 0.6) is 0 Å². The van der Waals surface area contributed by atoms with Gasteiger partial charge in [0, 0.05) is 20.1 Å². The van der Waals surface area contributed by atoms with E-state index in [1.54, 1.807) is 25.2 Å². The van der Waals surface area contributed by atoms with Crippen LogP contribution in [0.2, 0.25) is 0 Å². The normalized spacial score (nSPS) is 11.5. The van der Waals surface area contributed by atoms with Gasteiger partial charge in [0.1, 0.15) is 0 Å². The van der Waals surface area contributed by atoms with Crippen LogP contribution in [0.15, 0.2) is 36.5 Å². The number of amides is 1. The molecule has 1 aromatic carbocycles. The summed E-state index contributed by atoms with van der Waals surface area (Å²) in [5.41, 5.74) is -1.28. The Bertz CT molecular complexity index is 667. The SMILES string of the molecule is CNCCN(C)C(=O)c1cnn(-c2ccccc2)c1C(F)(F)F. The molecule has 1 heterocycles. The first kappa shape index (κ1) is 17.0. The first-order valence-corrected chi connectivity index (χ1v) is 6.97. The smallest absolute Gasteiger partial charge is 0.340 e. The molecule has 0 radical (unpaired) electrons. The molecule has 8 heteroatoms. The lowest BCUT2D eigenvalue weighted by Gasteiger charge is -2.18. The molecular weight excluding hydrogens is 309 g/mol. The number of nitrogens with zero attached hydrogens (tertiary/aromatic N) is 3. The third kappa shape index (κ3) is 3.70. The molecule has 0 spiro atoms. The van der Waals surface area contributed by atoms with E-state index in [9.17, 15) is 18.0 Å². The van der Waals surface area contributed by atoms with Gasteiger partial charge in [-0.05, 0) is 19.2 Å². The van der Waals surface area contributed by atoms with Crippen molar-refractivity contribution in [3.8, 4) is 5.69 Å². The Hall–Kier alpha value is -2.35. The maximum absolute atomic E-state index is 13.5. The molecule has 5 nitrogen and oxygen atoms in total. The number of hydrogen-bond acceptors (Lipinski definition) is 3. The number of benzene rings is 1. The summed E-state index contributed by atoms with van der Waals surface area (Å²) >= 11 is 0. The topological polar surface area (TPSA) is 50.2 Å². The van der Waals surface area contributed by atoms with E-state index in [4.69, 9.17) is 0 Å². The lowest BCUT2D eigenvalue weighted by Crippen LogP contribution is -2.34. The third-order valence-corrected chi connectivity index (χ3v) is 3.31. The second-order valence-corrected chi connectivity index (χ2v) is 4.98. The van der Waals surface area contributed by atoms with Crippen LogP contribution in [0.25, 0.3) is 5.69 Å². The van der Waals surface area contributed by atoms with E-state index in [2.05, 4.69) is 10.4 Å². The highest BCUT2D eigenvalue weighted by Gasteiger charge is 2.41. The van der Waals surface area contributed by atoms with Gasteiger partial charge in [0.25, 0.3) is 5.91 Å². The van der Waals surface area contributed by atoms with E-state index in [1.165, 1.54) is 24.1 Å². The molecule has 0 unspecified atom stereocenters. The fourth-order valence-corrected chi connectivity index (χ4v) is 2.13. The summed E-state index contributed by atoms with van der Waals surface area (Å²) in [5.74, 6) is -0.713. The van der Waals surface area contributed by atoms with Gasteiger partial charge in [0.2, 0.25) is 0 Å². The largest absolute Gasteiger partial charge is 0.434 e. The highest BCUT2D eigenvalue weighted by atomic mass is 19.4. The summed E-state index contributed by atoms with van der Waals surface area (Å²) in [5, 5.41) is 6.61. The zero-order valence-electron chi connectivity index (χ0n) is 12.8. The molecule has 1 N–H and O–H groups in total.